The molecule has 0 aliphatic carbocycles. The fraction of sp³-hybridized carbons (Fsp3) is 0.357. The third-order valence-corrected chi connectivity index (χ3v) is 2.27. The molecule has 0 saturated heterocycles. The smallest absolute Gasteiger partial charge is 0.244 e. The van der Waals surface area contributed by atoms with Crippen LogP contribution in [0.3, 0.4) is 0 Å². The van der Waals surface area contributed by atoms with E-state index in [-0.39, 0.29) is 11.9 Å². The minimum atomic E-state index is -0.111. The van der Waals surface area contributed by atoms with E-state index >= 15 is 0 Å². The number of amides is 1. The fourth-order valence-electron chi connectivity index (χ4n) is 1.46. The van der Waals surface area contributed by atoms with Crippen LogP contribution in [-0.2, 0) is 4.79 Å². The summed E-state index contributed by atoms with van der Waals surface area (Å²) < 4.78 is 10.3. The molecule has 1 aromatic carbocycles. The molecule has 0 aliphatic rings. The maximum Gasteiger partial charge on any atom is 0.244 e. The lowest BCUT2D eigenvalue weighted by Gasteiger charge is -2.08. The molecule has 0 aliphatic heterocycles. The van der Waals surface area contributed by atoms with Gasteiger partial charge in [-0.15, -0.1) is 0 Å². The van der Waals surface area contributed by atoms with Crippen molar-refractivity contribution in [3.05, 3.63) is 29.8 Å². The van der Waals surface area contributed by atoms with Gasteiger partial charge >= 0.3 is 0 Å². The number of carbonyl (C=O) groups excluding carboxylic acids is 1. The number of benzene rings is 1. The molecule has 0 bridgehead atoms. The van der Waals surface area contributed by atoms with Gasteiger partial charge < -0.3 is 14.8 Å². The Kier molecular flexibility index (Phi) is 5.24. The molecule has 0 radical (unpaired) electrons. The molecular formula is C14H19NO3. The van der Waals surface area contributed by atoms with Crippen LogP contribution in [-0.4, -0.2) is 26.2 Å². The van der Waals surface area contributed by atoms with Crippen molar-refractivity contribution in [2.75, 3.05) is 14.2 Å². The summed E-state index contributed by atoms with van der Waals surface area (Å²) in [6, 6.07) is 5.62. The van der Waals surface area contributed by atoms with Crippen LogP contribution in [0.5, 0.6) is 11.5 Å². The highest BCUT2D eigenvalue weighted by Gasteiger charge is 2.03. The Bertz CT molecular complexity index is 439. The normalized spacial score (nSPS) is 10.7. The van der Waals surface area contributed by atoms with E-state index in [2.05, 4.69) is 5.32 Å². The van der Waals surface area contributed by atoms with Gasteiger partial charge in [0, 0.05) is 12.1 Å². The monoisotopic (exact) mass is 249 g/mol. The molecule has 1 aromatic rings. The number of rotatable bonds is 5. The molecule has 0 spiro atoms. The standard InChI is InChI=1S/C14H19NO3/c1-10(2)15-14(16)8-6-11-5-7-12(17-3)13(9-11)18-4/h5-10H,1-4H3,(H,15,16). The van der Waals surface area contributed by atoms with Gasteiger partial charge in [-0.05, 0) is 37.6 Å². The maximum atomic E-state index is 11.5. The van der Waals surface area contributed by atoms with E-state index in [4.69, 9.17) is 9.47 Å². The van der Waals surface area contributed by atoms with E-state index in [1.54, 1.807) is 26.4 Å². The van der Waals surface area contributed by atoms with Gasteiger partial charge in [0.2, 0.25) is 5.91 Å². The minimum Gasteiger partial charge on any atom is -0.493 e. The van der Waals surface area contributed by atoms with Crippen molar-refractivity contribution in [1.29, 1.82) is 0 Å². The van der Waals surface area contributed by atoms with Crippen molar-refractivity contribution >= 4 is 12.0 Å². The summed E-state index contributed by atoms with van der Waals surface area (Å²) in [6.45, 7) is 3.84. The zero-order chi connectivity index (χ0) is 13.5. The van der Waals surface area contributed by atoms with Crippen LogP contribution in [0.2, 0.25) is 0 Å². The SMILES string of the molecule is COc1ccc(C=CC(=O)NC(C)C)cc1OC. The minimum absolute atomic E-state index is 0.111. The quantitative estimate of drug-likeness (QED) is 0.814. The lowest BCUT2D eigenvalue weighted by Crippen LogP contribution is -2.28. The van der Waals surface area contributed by atoms with Gasteiger partial charge in [-0.2, -0.15) is 0 Å². The molecular weight excluding hydrogens is 230 g/mol. The molecule has 0 heterocycles. The Labute approximate surface area is 108 Å². The van der Waals surface area contributed by atoms with Crippen molar-refractivity contribution in [2.24, 2.45) is 0 Å². The Hall–Kier alpha value is -1.97. The predicted octanol–water partition coefficient (Wildman–Crippen LogP) is 2.24. The van der Waals surface area contributed by atoms with E-state index in [0.29, 0.717) is 11.5 Å². The first kappa shape index (κ1) is 14.1. The van der Waals surface area contributed by atoms with Crippen LogP contribution < -0.4 is 14.8 Å². The Morgan fingerprint density at radius 2 is 1.89 bits per heavy atom. The molecule has 1 N–H and O–H groups in total. The van der Waals surface area contributed by atoms with Crippen molar-refractivity contribution < 1.29 is 14.3 Å². The van der Waals surface area contributed by atoms with Gasteiger partial charge in [-0.25, -0.2) is 0 Å². The number of hydrogen-bond donors (Lipinski definition) is 1. The van der Waals surface area contributed by atoms with Gasteiger partial charge in [-0.3, -0.25) is 4.79 Å². The molecule has 0 unspecified atom stereocenters. The van der Waals surface area contributed by atoms with Crippen LogP contribution in [0, 0.1) is 0 Å². The molecule has 1 amide bonds. The first-order chi connectivity index (χ1) is 8.56. The van der Waals surface area contributed by atoms with E-state index in [0.717, 1.165) is 5.56 Å². The van der Waals surface area contributed by atoms with Crippen LogP contribution in [0.1, 0.15) is 19.4 Å². The molecule has 98 valence electrons. The number of nitrogens with one attached hydrogen (secondary N) is 1. The Morgan fingerprint density at radius 1 is 1.22 bits per heavy atom. The van der Waals surface area contributed by atoms with Crippen molar-refractivity contribution in [3.63, 3.8) is 0 Å². The average molecular weight is 249 g/mol. The highest BCUT2D eigenvalue weighted by atomic mass is 16.5. The molecule has 0 atom stereocenters. The van der Waals surface area contributed by atoms with Gasteiger partial charge in [0.15, 0.2) is 11.5 Å². The van der Waals surface area contributed by atoms with Crippen molar-refractivity contribution in [2.45, 2.75) is 19.9 Å². The highest BCUT2D eigenvalue weighted by molar-refractivity contribution is 5.91. The lowest BCUT2D eigenvalue weighted by molar-refractivity contribution is -0.116. The molecule has 1 rings (SSSR count). The summed E-state index contributed by atoms with van der Waals surface area (Å²) in [5, 5.41) is 2.78. The van der Waals surface area contributed by atoms with Crippen LogP contribution in [0.15, 0.2) is 24.3 Å². The second kappa shape index (κ2) is 6.69. The summed E-state index contributed by atoms with van der Waals surface area (Å²) >= 11 is 0. The van der Waals surface area contributed by atoms with Gasteiger partial charge in [0.25, 0.3) is 0 Å². The first-order valence-electron chi connectivity index (χ1n) is 5.77. The zero-order valence-corrected chi connectivity index (χ0v) is 11.2. The van der Waals surface area contributed by atoms with Gasteiger partial charge in [0.1, 0.15) is 0 Å². The summed E-state index contributed by atoms with van der Waals surface area (Å²) in [5.41, 5.74) is 0.881. The first-order valence-corrected chi connectivity index (χ1v) is 5.77. The number of methoxy groups -OCH3 is 2. The van der Waals surface area contributed by atoms with Gasteiger partial charge in [0.05, 0.1) is 14.2 Å². The maximum absolute atomic E-state index is 11.5. The average Bonchev–Trinajstić information content (AvgIpc) is 2.35. The predicted molar refractivity (Wildman–Crippen MR) is 71.9 cm³/mol. The van der Waals surface area contributed by atoms with E-state index in [1.807, 2.05) is 26.0 Å². The highest BCUT2D eigenvalue weighted by Crippen LogP contribution is 2.27. The van der Waals surface area contributed by atoms with Crippen molar-refractivity contribution in [1.82, 2.24) is 5.32 Å². The molecule has 18 heavy (non-hydrogen) atoms. The van der Waals surface area contributed by atoms with Crippen LogP contribution >= 0.6 is 0 Å². The van der Waals surface area contributed by atoms with Gasteiger partial charge in [-0.1, -0.05) is 6.07 Å². The van der Waals surface area contributed by atoms with E-state index in [9.17, 15) is 4.79 Å². The molecule has 4 heteroatoms. The topological polar surface area (TPSA) is 47.6 Å². The number of ether oxygens (including phenoxy) is 2. The third kappa shape index (κ3) is 4.13. The van der Waals surface area contributed by atoms with E-state index in [1.165, 1.54) is 6.08 Å². The van der Waals surface area contributed by atoms with E-state index < -0.39 is 0 Å². The summed E-state index contributed by atoms with van der Waals surface area (Å²) in [5.74, 6) is 1.20. The molecule has 0 saturated carbocycles. The summed E-state index contributed by atoms with van der Waals surface area (Å²) in [6.07, 6.45) is 3.24. The molecule has 0 fully saturated rings. The second-order valence-electron chi connectivity index (χ2n) is 4.11. The largest absolute Gasteiger partial charge is 0.493 e. The Balaban J connectivity index is 2.79. The zero-order valence-electron chi connectivity index (χ0n) is 11.2. The number of hydrogen-bond acceptors (Lipinski definition) is 3. The third-order valence-electron chi connectivity index (χ3n) is 2.27. The molecule has 0 aromatic heterocycles. The van der Waals surface area contributed by atoms with Crippen LogP contribution in [0.4, 0.5) is 0 Å². The summed E-state index contributed by atoms with van der Waals surface area (Å²) in [7, 11) is 3.17. The lowest BCUT2D eigenvalue weighted by atomic mass is 10.2. The number of carbonyl (C=O) groups is 1. The Morgan fingerprint density at radius 3 is 2.44 bits per heavy atom. The fourth-order valence-corrected chi connectivity index (χ4v) is 1.46. The summed E-state index contributed by atoms with van der Waals surface area (Å²) in [4.78, 5) is 11.5. The van der Waals surface area contributed by atoms with Crippen molar-refractivity contribution in [3.8, 4) is 11.5 Å². The second-order valence-corrected chi connectivity index (χ2v) is 4.11. The molecule has 4 nitrogen and oxygen atoms in total. The van der Waals surface area contributed by atoms with Crippen LogP contribution in [0.25, 0.3) is 6.08 Å².